The van der Waals surface area contributed by atoms with Crippen LogP contribution >= 0.6 is 0 Å². The minimum absolute atomic E-state index is 0.0231. The molecule has 1 aliphatic heterocycles. The molecule has 1 aromatic heterocycles. The van der Waals surface area contributed by atoms with Gasteiger partial charge in [0.1, 0.15) is 0 Å². The molecule has 6 nitrogen and oxygen atoms in total. The van der Waals surface area contributed by atoms with Crippen molar-refractivity contribution in [3.63, 3.8) is 0 Å². The Bertz CT molecular complexity index is 714. The van der Waals surface area contributed by atoms with Crippen LogP contribution in [-0.4, -0.2) is 50.7 Å². The Labute approximate surface area is 166 Å². The van der Waals surface area contributed by atoms with Gasteiger partial charge < -0.3 is 15.1 Å². The molecular formula is C22H30N2O4. The average Bonchev–Trinajstić information content (AvgIpc) is 2.64. The number of aromatic nitrogens is 1. The third kappa shape index (κ3) is 7.64. The first-order chi connectivity index (χ1) is 13.5. The van der Waals surface area contributed by atoms with Gasteiger partial charge in [0.05, 0.1) is 12.1 Å². The van der Waals surface area contributed by atoms with Crippen LogP contribution < -0.4 is 0 Å². The number of carbonyl (C=O) groups is 2. The highest BCUT2D eigenvalue weighted by molar-refractivity contribution is 5.77. The van der Waals surface area contributed by atoms with Crippen LogP contribution in [0.2, 0.25) is 0 Å². The smallest absolute Gasteiger partial charge is 0.303 e. The molecule has 2 atom stereocenters. The molecule has 1 fully saturated rings. The van der Waals surface area contributed by atoms with Crippen molar-refractivity contribution in [1.82, 2.24) is 9.88 Å². The van der Waals surface area contributed by atoms with Gasteiger partial charge in [-0.05, 0) is 44.7 Å². The SMILES string of the molecule is Cc1cccc(CC(O)/C=C/[C@H]2CCCC(=O)N2CC=CCCCC(=O)O)n1. The average molecular weight is 386 g/mol. The molecule has 1 amide bonds. The minimum atomic E-state index is -0.788. The van der Waals surface area contributed by atoms with E-state index in [-0.39, 0.29) is 18.4 Å². The molecule has 0 spiro atoms. The van der Waals surface area contributed by atoms with Gasteiger partial charge in [0.25, 0.3) is 0 Å². The Kier molecular flexibility index (Phi) is 8.88. The molecule has 0 saturated carbocycles. The van der Waals surface area contributed by atoms with Gasteiger partial charge in [-0.1, -0.05) is 30.4 Å². The topological polar surface area (TPSA) is 90.7 Å². The Morgan fingerprint density at radius 2 is 2.21 bits per heavy atom. The van der Waals surface area contributed by atoms with E-state index in [1.165, 1.54) is 0 Å². The number of amides is 1. The lowest BCUT2D eigenvalue weighted by Gasteiger charge is -2.33. The largest absolute Gasteiger partial charge is 0.481 e. The fourth-order valence-corrected chi connectivity index (χ4v) is 3.31. The maximum Gasteiger partial charge on any atom is 0.303 e. The zero-order valence-electron chi connectivity index (χ0n) is 16.5. The summed E-state index contributed by atoms with van der Waals surface area (Å²) < 4.78 is 0. The van der Waals surface area contributed by atoms with E-state index in [4.69, 9.17) is 5.11 Å². The number of likely N-dealkylation sites (tertiary alicyclic amines) is 1. The predicted molar refractivity (Wildman–Crippen MR) is 108 cm³/mol. The summed E-state index contributed by atoms with van der Waals surface area (Å²) in [6, 6.07) is 5.73. The Morgan fingerprint density at radius 1 is 1.39 bits per heavy atom. The molecule has 2 N–H and O–H groups in total. The van der Waals surface area contributed by atoms with Gasteiger partial charge in [0.15, 0.2) is 0 Å². The third-order valence-electron chi connectivity index (χ3n) is 4.76. The molecule has 1 aliphatic rings. The number of carboxylic acids is 1. The van der Waals surface area contributed by atoms with Gasteiger partial charge in [-0.15, -0.1) is 0 Å². The number of carboxylic acid groups (broad SMARTS) is 1. The summed E-state index contributed by atoms with van der Waals surface area (Å²) in [5.74, 6) is -0.671. The van der Waals surface area contributed by atoms with Gasteiger partial charge >= 0.3 is 5.97 Å². The van der Waals surface area contributed by atoms with E-state index in [1.807, 2.05) is 48.3 Å². The molecule has 6 heteroatoms. The molecular weight excluding hydrogens is 356 g/mol. The molecule has 0 bridgehead atoms. The fraction of sp³-hybridized carbons (Fsp3) is 0.500. The number of nitrogens with zero attached hydrogens (tertiary/aromatic N) is 2. The molecule has 1 aromatic rings. The first-order valence-corrected chi connectivity index (χ1v) is 9.91. The number of aliphatic carboxylic acids is 1. The van der Waals surface area contributed by atoms with E-state index in [1.54, 1.807) is 6.08 Å². The van der Waals surface area contributed by atoms with Crippen LogP contribution in [0.15, 0.2) is 42.5 Å². The Hall–Kier alpha value is -2.47. The molecule has 0 radical (unpaired) electrons. The number of aliphatic hydroxyl groups excluding tert-OH is 1. The molecule has 2 rings (SSSR count). The molecule has 0 aromatic carbocycles. The first-order valence-electron chi connectivity index (χ1n) is 9.91. The van der Waals surface area contributed by atoms with Gasteiger partial charge in [0.2, 0.25) is 5.91 Å². The Balaban J connectivity index is 1.87. The standard InChI is InChI=1S/C22H30N2O4/c1-17-8-6-9-18(23-17)16-20(25)14-13-19-10-7-11-21(26)24(19)15-5-3-2-4-12-22(27)28/h3,5-6,8-9,13-14,19-20,25H,2,4,7,10-12,15-16H2,1H3,(H,27,28)/b5-3?,14-13+/t19-,20?/m1/s1. The zero-order valence-corrected chi connectivity index (χ0v) is 16.5. The number of piperidine rings is 1. The minimum Gasteiger partial charge on any atom is -0.481 e. The highest BCUT2D eigenvalue weighted by atomic mass is 16.4. The number of allylic oxidation sites excluding steroid dienone is 1. The maximum atomic E-state index is 12.3. The van der Waals surface area contributed by atoms with Crippen molar-refractivity contribution < 1.29 is 19.8 Å². The van der Waals surface area contributed by atoms with Gasteiger partial charge in [0, 0.05) is 37.2 Å². The molecule has 1 unspecified atom stereocenters. The monoisotopic (exact) mass is 386 g/mol. The lowest BCUT2D eigenvalue weighted by Crippen LogP contribution is -2.42. The highest BCUT2D eigenvalue weighted by Gasteiger charge is 2.25. The van der Waals surface area contributed by atoms with E-state index < -0.39 is 12.1 Å². The van der Waals surface area contributed by atoms with Crippen molar-refractivity contribution in [1.29, 1.82) is 0 Å². The van der Waals surface area contributed by atoms with E-state index in [0.29, 0.717) is 32.2 Å². The maximum absolute atomic E-state index is 12.3. The van der Waals surface area contributed by atoms with Crippen LogP contribution in [0.4, 0.5) is 0 Å². The molecule has 28 heavy (non-hydrogen) atoms. The van der Waals surface area contributed by atoms with Crippen molar-refractivity contribution in [3.05, 3.63) is 53.9 Å². The van der Waals surface area contributed by atoms with Crippen molar-refractivity contribution in [2.24, 2.45) is 0 Å². The van der Waals surface area contributed by atoms with Crippen molar-refractivity contribution in [3.8, 4) is 0 Å². The van der Waals surface area contributed by atoms with Crippen molar-refractivity contribution in [2.75, 3.05) is 6.54 Å². The van der Waals surface area contributed by atoms with Crippen LogP contribution in [0.1, 0.15) is 49.9 Å². The number of pyridine rings is 1. The molecule has 2 heterocycles. The summed E-state index contributed by atoms with van der Waals surface area (Å²) in [6.07, 6.45) is 11.1. The summed E-state index contributed by atoms with van der Waals surface area (Å²) >= 11 is 0. The van der Waals surface area contributed by atoms with Crippen molar-refractivity contribution >= 4 is 11.9 Å². The number of carbonyl (C=O) groups excluding carboxylic acids is 1. The highest BCUT2D eigenvalue weighted by Crippen LogP contribution is 2.20. The zero-order chi connectivity index (χ0) is 20.4. The molecule has 0 aliphatic carbocycles. The summed E-state index contributed by atoms with van der Waals surface area (Å²) in [7, 11) is 0. The normalized spacial score (nSPS) is 18.9. The van der Waals surface area contributed by atoms with E-state index in [0.717, 1.165) is 24.2 Å². The van der Waals surface area contributed by atoms with Crippen LogP contribution in [0.5, 0.6) is 0 Å². The summed E-state index contributed by atoms with van der Waals surface area (Å²) in [4.78, 5) is 29.0. The summed E-state index contributed by atoms with van der Waals surface area (Å²) in [6.45, 7) is 2.43. The number of aliphatic hydroxyl groups is 1. The number of rotatable bonds is 10. The second-order valence-corrected chi connectivity index (χ2v) is 7.19. The summed E-state index contributed by atoms with van der Waals surface area (Å²) in [5.41, 5.74) is 1.77. The van der Waals surface area contributed by atoms with Crippen molar-refractivity contribution in [2.45, 2.75) is 64.0 Å². The van der Waals surface area contributed by atoms with Crippen LogP contribution in [0, 0.1) is 6.92 Å². The lowest BCUT2D eigenvalue weighted by molar-refractivity contribution is -0.137. The second-order valence-electron chi connectivity index (χ2n) is 7.19. The van der Waals surface area contributed by atoms with Gasteiger partial charge in [-0.3, -0.25) is 14.6 Å². The van der Waals surface area contributed by atoms with E-state index >= 15 is 0 Å². The third-order valence-corrected chi connectivity index (χ3v) is 4.76. The van der Waals surface area contributed by atoms with Gasteiger partial charge in [-0.25, -0.2) is 0 Å². The number of hydrogen-bond donors (Lipinski definition) is 2. The van der Waals surface area contributed by atoms with Gasteiger partial charge in [-0.2, -0.15) is 0 Å². The lowest BCUT2D eigenvalue weighted by atomic mass is 10.00. The number of aryl methyl sites for hydroxylation is 1. The van der Waals surface area contributed by atoms with E-state index in [9.17, 15) is 14.7 Å². The van der Waals surface area contributed by atoms with Crippen LogP contribution in [0.3, 0.4) is 0 Å². The molecule has 152 valence electrons. The molecule has 1 saturated heterocycles. The summed E-state index contributed by atoms with van der Waals surface area (Å²) in [5, 5.41) is 18.9. The number of hydrogen-bond acceptors (Lipinski definition) is 4. The van der Waals surface area contributed by atoms with E-state index in [2.05, 4.69) is 4.98 Å². The van der Waals surface area contributed by atoms with Crippen LogP contribution in [0.25, 0.3) is 0 Å². The quantitative estimate of drug-likeness (QED) is 0.476. The Morgan fingerprint density at radius 3 is 2.96 bits per heavy atom. The van der Waals surface area contributed by atoms with Crippen LogP contribution in [-0.2, 0) is 16.0 Å². The fourth-order valence-electron chi connectivity index (χ4n) is 3.31. The first kappa shape index (κ1) is 21.8. The second kappa shape index (κ2) is 11.4. The predicted octanol–water partition coefficient (Wildman–Crippen LogP) is 3.04. The number of unbranched alkanes of at least 4 members (excludes halogenated alkanes) is 1.